The van der Waals surface area contributed by atoms with Crippen LogP contribution in [-0.2, 0) is 11.3 Å². The Balaban J connectivity index is 2.11. The molecule has 1 aromatic rings. The van der Waals surface area contributed by atoms with Crippen LogP contribution in [0.1, 0.15) is 25.0 Å². The zero-order chi connectivity index (χ0) is 13.1. The quantitative estimate of drug-likeness (QED) is 0.629. The molecule has 98 valence electrons. The topological polar surface area (TPSA) is 62.3 Å². The van der Waals surface area contributed by atoms with Crippen molar-refractivity contribution in [3.8, 4) is 0 Å². The van der Waals surface area contributed by atoms with Gasteiger partial charge in [-0.05, 0) is 19.4 Å². The molecule has 1 saturated heterocycles. The first-order valence-corrected chi connectivity index (χ1v) is 6.36. The summed E-state index contributed by atoms with van der Waals surface area (Å²) in [6.07, 6.45) is 0.525. The predicted molar refractivity (Wildman–Crippen MR) is 72.7 cm³/mol. The highest BCUT2D eigenvalue weighted by molar-refractivity contribution is 5.96. The van der Waals surface area contributed by atoms with E-state index in [1.54, 1.807) is 0 Å². The van der Waals surface area contributed by atoms with Crippen molar-refractivity contribution in [2.24, 2.45) is 5.73 Å². The first-order valence-electron chi connectivity index (χ1n) is 6.36. The highest BCUT2D eigenvalue weighted by Gasteiger charge is 2.22. The Kier molecular flexibility index (Phi) is 3.99. The van der Waals surface area contributed by atoms with Crippen LogP contribution in [-0.4, -0.2) is 36.0 Å². The number of hydrogen-bond donors (Lipinski definition) is 2. The Morgan fingerprint density at radius 2 is 1.94 bits per heavy atom. The van der Waals surface area contributed by atoms with Crippen LogP contribution in [0.4, 0.5) is 0 Å². The number of nitrogens with two attached hydrogens (primary N) is 1. The minimum Gasteiger partial charge on any atom is -0.384 e. The van der Waals surface area contributed by atoms with Crippen LogP contribution in [0, 0.1) is 5.41 Å². The third-order valence-electron chi connectivity index (χ3n) is 3.20. The first-order chi connectivity index (χ1) is 8.56. The van der Waals surface area contributed by atoms with Crippen molar-refractivity contribution in [3.05, 3.63) is 35.4 Å². The van der Waals surface area contributed by atoms with Gasteiger partial charge in [0.05, 0.1) is 12.2 Å². The van der Waals surface area contributed by atoms with Crippen molar-refractivity contribution in [2.45, 2.75) is 32.6 Å². The summed E-state index contributed by atoms with van der Waals surface area (Å²) in [4.78, 5) is 2.36. The van der Waals surface area contributed by atoms with Crippen LogP contribution in [0.3, 0.4) is 0 Å². The number of ether oxygens (including phenoxy) is 1. The second-order valence-corrected chi connectivity index (χ2v) is 5.02. The Morgan fingerprint density at radius 3 is 2.56 bits per heavy atom. The third-order valence-corrected chi connectivity index (χ3v) is 3.20. The molecule has 4 heteroatoms. The van der Waals surface area contributed by atoms with Crippen molar-refractivity contribution in [1.29, 1.82) is 5.41 Å². The Bertz CT molecular complexity index is 423. The molecule has 1 aromatic carbocycles. The number of morpholine rings is 1. The van der Waals surface area contributed by atoms with E-state index in [1.807, 2.05) is 24.3 Å². The van der Waals surface area contributed by atoms with E-state index in [0.717, 1.165) is 30.8 Å². The molecule has 0 aromatic heterocycles. The molecule has 2 rings (SSSR count). The lowest BCUT2D eigenvalue weighted by molar-refractivity contribution is -0.0705. The van der Waals surface area contributed by atoms with E-state index in [9.17, 15) is 0 Å². The van der Waals surface area contributed by atoms with Crippen LogP contribution < -0.4 is 5.73 Å². The molecule has 0 aliphatic carbocycles. The fourth-order valence-corrected chi connectivity index (χ4v) is 2.58. The smallest absolute Gasteiger partial charge is 0.123 e. The van der Waals surface area contributed by atoms with E-state index < -0.39 is 0 Å². The fourth-order valence-electron chi connectivity index (χ4n) is 2.58. The lowest BCUT2D eigenvalue weighted by Crippen LogP contribution is -2.45. The van der Waals surface area contributed by atoms with Gasteiger partial charge < -0.3 is 10.5 Å². The van der Waals surface area contributed by atoms with E-state index >= 15 is 0 Å². The highest BCUT2D eigenvalue weighted by atomic mass is 16.5. The van der Waals surface area contributed by atoms with Gasteiger partial charge in [-0.2, -0.15) is 0 Å². The van der Waals surface area contributed by atoms with E-state index in [1.165, 1.54) is 0 Å². The van der Waals surface area contributed by atoms with Gasteiger partial charge in [0.25, 0.3) is 0 Å². The second-order valence-electron chi connectivity index (χ2n) is 5.02. The van der Waals surface area contributed by atoms with Crippen molar-refractivity contribution in [1.82, 2.24) is 4.90 Å². The molecule has 1 aliphatic heterocycles. The summed E-state index contributed by atoms with van der Waals surface area (Å²) in [5.41, 5.74) is 7.57. The molecule has 2 atom stereocenters. The van der Waals surface area contributed by atoms with Crippen molar-refractivity contribution >= 4 is 5.84 Å². The Morgan fingerprint density at radius 1 is 1.33 bits per heavy atom. The number of rotatable bonds is 3. The third kappa shape index (κ3) is 3.09. The number of nitrogen functional groups attached to an aromatic ring is 1. The normalized spacial score (nSPS) is 25.0. The zero-order valence-corrected chi connectivity index (χ0v) is 11.0. The highest BCUT2D eigenvalue weighted by Crippen LogP contribution is 2.16. The minimum absolute atomic E-state index is 0.139. The summed E-state index contributed by atoms with van der Waals surface area (Å²) in [7, 11) is 0. The average Bonchev–Trinajstić information content (AvgIpc) is 2.27. The molecular weight excluding hydrogens is 226 g/mol. The molecule has 1 heterocycles. The molecule has 0 amide bonds. The molecule has 18 heavy (non-hydrogen) atoms. The maximum Gasteiger partial charge on any atom is 0.123 e. The Hall–Kier alpha value is -1.39. The molecule has 1 aliphatic rings. The van der Waals surface area contributed by atoms with Gasteiger partial charge in [0.2, 0.25) is 0 Å². The van der Waals surface area contributed by atoms with Gasteiger partial charge >= 0.3 is 0 Å². The molecule has 2 unspecified atom stereocenters. The largest absolute Gasteiger partial charge is 0.384 e. The van der Waals surface area contributed by atoms with Gasteiger partial charge in [0, 0.05) is 25.2 Å². The molecule has 0 saturated carbocycles. The predicted octanol–water partition coefficient (Wildman–Crippen LogP) is 1.58. The number of hydrogen-bond acceptors (Lipinski definition) is 3. The van der Waals surface area contributed by atoms with Gasteiger partial charge in [0.1, 0.15) is 5.84 Å². The minimum atomic E-state index is 0.139. The summed E-state index contributed by atoms with van der Waals surface area (Å²) in [6, 6.07) is 7.87. The first kappa shape index (κ1) is 13.1. The number of amidine groups is 1. The number of benzene rings is 1. The Labute approximate surface area is 108 Å². The van der Waals surface area contributed by atoms with Gasteiger partial charge in [0.15, 0.2) is 0 Å². The molecule has 0 bridgehead atoms. The van der Waals surface area contributed by atoms with Gasteiger partial charge in [-0.25, -0.2) is 0 Å². The fraction of sp³-hybridized carbons (Fsp3) is 0.500. The maximum atomic E-state index is 7.61. The van der Waals surface area contributed by atoms with Crippen LogP contribution in [0.15, 0.2) is 24.3 Å². The second kappa shape index (κ2) is 5.50. The van der Waals surface area contributed by atoms with Crippen LogP contribution in [0.25, 0.3) is 0 Å². The standard InChI is InChI=1S/C14H21N3O/c1-10-7-17(8-11(2)18-10)9-12-5-3-4-6-13(12)14(15)16/h3-6,10-11H,7-9H2,1-2H3,(H3,15,16). The molecule has 1 fully saturated rings. The van der Waals surface area contributed by atoms with E-state index in [-0.39, 0.29) is 18.0 Å². The lowest BCUT2D eigenvalue weighted by atomic mass is 10.1. The summed E-state index contributed by atoms with van der Waals surface area (Å²) in [5.74, 6) is 0.139. The molecule has 3 N–H and O–H groups in total. The van der Waals surface area contributed by atoms with Crippen molar-refractivity contribution in [2.75, 3.05) is 13.1 Å². The molecule has 0 spiro atoms. The van der Waals surface area contributed by atoms with Crippen molar-refractivity contribution in [3.63, 3.8) is 0 Å². The molecule has 4 nitrogen and oxygen atoms in total. The monoisotopic (exact) mass is 247 g/mol. The average molecular weight is 247 g/mol. The van der Waals surface area contributed by atoms with E-state index in [2.05, 4.69) is 18.7 Å². The van der Waals surface area contributed by atoms with Gasteiger partial charge in [-0.1, -0.05) is 24.3 Å². The van der Waals surface area contributed by atoms with E-state index in [0.29, 0.717) is 0 Å². The summed E-state index contributed by atoms with van der Waals surface area (Å²) in [6.45, 7) is 6.88. The molecule has 0 radical (unpaired) electrons. The zero-order valence-electron chi connectivity index (χ0n) is 11.0. The molecular formula is C14H21N3O. The summed E-state index contributed by atoms with van der Waals surface area (Å²) < 4.78 is 5.72. The van der Waals surface area contributed by atoms with Crippen LogP contribution >= 0.6 is 0 Å². The SMILES string of the molecule is CC1CN(Cc2ccccc2C(=N)N)CC(C)O1. The van der Waals surface area contributed by atoms with E-state index in [4.69, 9.17) is 15.9 Å². The van der Waals surface area contributed by atoms with Crippen LogP contribution in [0.5, 0.6) is 0 Å². The number of nitrogens with one attached hydrogen (secondary N) is 1. The summed E-state index contributed by atoms with van der Waals surface area (Å²) in [5, 5.41) is 7.61. The lowest BCUT2D eigenvalue weighted by Gasteiger charge is -2.35. The van der Waals surface area contributed by atoms with Gasteiger partial charge in [-0.15, -0.1) is 0 Å². The van der Waals surface area contributed by atoms with Gasteiger partial charge in [-0.3, -0.25) is 10.3 Å². The summed E-state index contributed by atoms with van der Waals surface area (Å²) >= 11 is 0. The van der Waals surface area contributed by atoms with Crippen molar-refractivity contribution < 1.29 is 4.74 Å². The van der Waals surface area contributed by atoms with Crippen LogP contribution in [0.2, 0.25) is 0 Å². The number of nitrogens with zero attached hydrogens (tertiary/aromatic N) is 1. The maximum absolute atomic E-state index is 7.61.